The first-order valence-corrected chi connectivity index (χ1v) is 6.20. The van der Waals surface area contributed by atoms with Crippen LogP contribution >= 0.6 is 11.6 Å². The predicted molar refractivity (Wildman–Crippen MR) is 71.9 cm³/mol. The number of hydrogen-bond donors (Lipinski definition) is 3. The fourth-order valence-corrected chi connectivity index (χ4v) is 2.51. The number of nitrogens with zero attached hydrogens (tertiary/aromatic N) is 1. The molecular formula is C12H15ClN2O4. The van der Waals surface area contributed by atoms with Crippen LogP contribution in [-0.2, 0) is 4.74 Å². The van der Waals surface area contributed by atoms with E-state index in [0.29, 0.717) is 31.1 Å². The summed E-state index contributed by atoms with van der Waals surface area (Å²) in [5, 5.41) is 18.9. The summed E-state index contributed by atoms with van der Waals surface area (Å²) in [5.41, 5.74) is 6.33. The molecule has 4 N–H and O–H groups in total. The van der Waals surface area contributed by atoms with Crippen molar-refractivity contribution in [3.8, 4) is 0 Å². The molecule has 1 atom stereocenters. The van der Waals surface area contributed by atoms with E-state index in [1.807, 2.05) is 0 Å². The van der Waals surface area contributed by atoms with E-state index < -0.39 is 5.97 Å². The lowest BCUT2D eigenvalue weighted by Crippen LogP contribution is -2.48. The minimum atomic E-state index is -1.10. The summed E-state index contributed by atoms with van der Waals surface area (Å²) in [7, 11) is 0. The summed E-state index contributed by atoms with van der Waals surface area (Å²) in [6.45, 7) is 1.11. The van der Waals surface area contributed by atoms with Gasteiger partial charge in [0.2, 0.25) is 0 Å². The van der Waals surface area contributed by atoms with E-state index in [2.05, 4.69) is 0 Å². The molecule has 0 amide bonds. The zero-order valence-electron chi connectivity index (χ0n) is 10.2. The molecule has 1 fully saturated rings. The van der Waals surface area contributed by atoms with Crippen molar-refractivity contribution in [2.24, 2.45) is 0 Å². The Morgan fingerprint density at radius 1 is 1.58 bits per heavy atom. The van der Waals surface area contributed by atoms with Crippen molar-refractivity contribution in [2.75, 3.05) is 37.0 Å². The van der Waals surface area contributed by atoms with Crippen LogP contribution in [0, 0.1) is 0 Å². The number of carbonyl (C=O) groups is 1. The highest BCUT2D eigenvalue weighted by atomic mass is 35.5. The van der Waals surface area contributed by atoms with Gasteiger partial charge in [0.15, 0.2) is 0 Å². The highest BCUT2D eigenvalue weighted by Crippen LogP contribution is 2.34. The standard InChI is InChI=1S/C12H15ClN2O4/c13-10-4-7(14)3-9(12(17)18)11(10)15-1-2-19-6-8(15)5-16/h3-4,8,16H,1-2,5-6,14H2,(H,17,18). The molecule has 1 unspecified atom stereocenters. The van der Waals surface area contributed by atoms with Crippen LogP contribution in [0.3, 0.4) is 0 Å². The molecule has 0 radical (unpaired) electrons. The number of halogens is 1. The van der Waals surface area contributed by atoms with E-state index >= 15 is 0 Å². The Labute approximate surface area is 115 Å². The van der Waals surface area contributed by atoms with Crippen molar-refractivity contribution < 1.29 is 19.7 Å². The lowest BCUT2D eigenvalue weighted by atomic mass is 10.1. The van der Waals surface area contributed by atoms with Gasteiger partial charge >= 0.3 is 5.97 Å². The lowest BCUT2D eigenvalue weighted by molar-refractivity contribution is 0.0677. The second-order valence-electron chi connectivity index (χ2n) is 4.31. The number of aliphatic hydroxyl groups is 1. The van der Waals surface area contributed by atoms with Gasteiger partial charge in [-0.05, 0) is 12.1 Å². The van der Waals surface area contributed by atoms with Crippen LogP contribution < -0.4 is 10.6 Å². The number of benzene rings is 1. The first-order chi connectivity index (χ1) is 9.04. The quantitative estimate of drug-likeness (QED) is 0.712. The fourth-order valence-electron chi connectivity index (χ4n) is 2.18. The third kappa shape index (κ3) is 2.75. The number of carboxylic acid groups (broad SMARTS) is 1. The summed E-state index contributed by atoms with van der Waals surface area (Å²) in [4.78, 5) is 13.1. The molecule has 1 saturated heterocycles. The molecule has 1 aromatic carbocycles. The molecule has 1 aliphatic heterocycles. The van der Waals surface area contributed by atoms with E-state index in [1.165, 1.54) is 12.1 Å². The Hall–Kier alpha value is -1.50. The van der Waals surface area contributed by atoms with Gasteiger partial charge in [0.05, 0.1) is 42.1 Å². The molecule has 0 aliphatic carbocycles. The van der Waals surface area contributed by atoms with Gasteiger partial charge in [-0.25, -0.2) is 4.79 Å². The highest BCUT2D eigenvalue weighted by Gasteiger charge is 2.28. The number of aromatic carboxylic acids is 1. The SMILES string of the molecule is Nc1cc(Cl)c(N2CCOCC2CO)c(C(=O)O)c1. The molecule has 2 rings (SSSR count). The van der Waals surface area contributed by atoms with Crippen molar-refractivity contribution in [3.05, 3.63) is 22.7 Å². The maximum atomic E-state index is 11.3. The molecule has 19 heavy (non-hydrogen) atoms. The Kier molecular flexibility index (Phi) is 4.14. The second-order valence-corrected chi connectivity index (χ2v) is 4.72. The van der Waals surface area contributed by atoms with Crippen LogP contribution in [0.2, 0.25) is 5.02 Å². The minimum absolute atomic E-state index is 0.0327. The molecule has 0 spiro atoms. The zero-order valence-corrected chi connectivity index (χ0v) is 10.9. The average molecular weight is 287 g/mol. The Morgan fingerprint density at radius 2 is 2.32 bits per heavy atom. The van der Waals surface area contributed by atoms with Gasteiger partial charge in [-0.1, -0.05) is 11.6 Å². The number of nitrogens with two attached hydrogens (primary N) is 1. The van der Waals surface area contributed by atoms with Gasteiger partial charge in [-0.3, -0.25) is 0 Å². The van der Waals surface area contributed by atoms with Crippen LogP contribution in [0.1, 0.15) is 10.4 Å². The highest BCUT2D eigenvalue weighted by molar-refractivity contribution is 6.34. The van der Waals surface area contributed by atoms with Crippen LogP contribution in [0.25, 0.3) is 0 Å². The third-order valence-corrected chi connectivity index (χ3v) is 3.33. The first-order valence-electron chi connectivity index (χ1n) is 5.82. The number of morpholine rings is 1. The van der Waals surface area contributed by atoms with Crippen molar-refractivity contribution in [2.45, 2.75) is 6.04 Å². The minimum Gasteiger partial charge on any atom is -0.478 e. The molecule has 0 saturated carbocycles. The van der Waals surface area contributed by atoms with Crippen molar-refractivity contribution >= 4 is 28.9 Å². The molecule has 1 aromatic rings. The number of anilines is 2. The van der Waals surface area contributed by atoms with Gasteiger partial charge in [0.25, 0.3) is 0 Å². The van der Waals surface area contributed by atoms with Crippen LogP contribution in [0.5, 0.6) is 0 Å². The van der Waals surface area contributed by atoms with E-state index in [1.54, 1.807) is 4.90 Å². The van der Waals surface area contributed by atoms with Gasteiger partial charge in [0, 0.05) is 12.2 Å². The maximum Gasteiger partial charge on any atom is 0.337 e. The lowest BCUT2D eigenvalue weighted by Gasteiger charge is -2.37. The van der Waals surface area contributed by atoms with Crippen LogP contribution in [0.15, 0.2) is 12.1 Å². The third-order valence-electron chi connectivity index (χ3n) is 3.04. The molecule has 104 valence electrons. The number of ether oxygens (including phenoxy) is 1. The van der Waals surface area contributed by atoms with Crippen LogP contribution in [0.4, 0.5) is 11.4 Å². The average Bonchev–Trinajstić information content (AvgIpc) is 2.38. The van der Waals surface area contributed by atoms with E-state index in [-0.39, 0.29) is 23.2 Å². The number of hydrogen-bond acceptors (Lipinski definition) is 5. The van der Waals surface area contributed by atoms with Crippen molar-refractivity contribution in [1.29, 1.82) is 0 Å². The summed E-state index contributed by atoms with van der Waals surface area (Å²) in [6.07, 6.45) is 0. The number of carboxylic acids is 1. The van der Waals surface area contributed by atoms with Gasteiger partial charge in [-0.2, -0.15) is 0 Å². The zero-order chi connectivity index (χ0) is 14.0. The van der Waals surface area contributed by atoms with Crippen molar-refractivity contribution in [3.63, 3.8) is 0 Å². The molecule has 6 nitrogen and oxygen atoms in total. The first kappa shape index (κ1) is 13.9. The molecule has 0 aromatic heterocycles. The second kappa shape index (κ2) is 5.64. The fraction of sp³-hybridized carbons (Fsp3) is 0.417. The summed E-state index contributed by atoms with van der Waals surface area (Å²) >= 11 is 6.13. The molecule has 0 bridgehead atoms. The maximum absolute atomic E-state index is 11.3. The van der Waals surface area contributed by atoms with E-state index in [4.69, 9.17) is 22.1 Å². The predicted octanol–water partition coefficient (Wildman–Crippen LogP) is 0.818. The smallest absolute Gasteiger partial charge is 0.337 e. The normalized spacial score (nSPS) is 19.5. The Balaban J connectivity index is 2.50. The van der Waals surface area contributed by atoms with Crippen molar-refractivity contribution in [1.82, 2.24) is 0 Å². The summed E-state index contributed by atoms with van der Waals surface area (Å²) in [5.74, 6) is -1.10. The largest absolute Gasteiger partial charge is 0.478 e. The Morgan fingerprint density at radius 3 is 2.95 bits per heavy atom. The molecule has 7 heteroatoms. The number of rotatable bonds is 3. The monoisotopic (exact) mass is 286 g/mol. The molecule has 1 heterocycles. The number of aliphatic hydroxyl groups excluding tert-OH is 1. The van der Waals surface area contributed by atoms with Gasteiger partial charge < -0.3 is 25.6 Å². The Bertz CT molecular complexity index is 495. The van der Waals surface area contributed by atoms with Gasteiger partial charge in [0.1, 0.15) is 0 Å². The number of nitrogen functional groups attached to an aromatic ring is 1. The molecule has 1 aliphatic rings. The van der Waals surface area contributed by atoms with Crippen LogP contribution in [-0.4, -0.2) is 48.6 Å². The summed E-state index contributed by atoms with van der Waals surface area (Å²) < 4.78 is 5.27. The van der Waals surface area contributed by atoms with E-state index in [0.717, 1.165) is 0 Å². The van der Waals surface area contributed by atoms with E-state index in [9.17, 15) is 15.0 Å². The van der Waals surface area contributed by atoms with Gasteiger partial charge in [-0.15, -0.1) is 0 Å². The summed E-state index contributed by atoms with van der Waals surface area (Å²) in [6, 6.07) is 2.56. The topological polar surface area (TPSA) is 96.0 Å². The molecular weight excluding hydrogens is 272 g/mol.